The number of aliphatic imine (C=N–C) groups is 1. The monoisotopic (exact) mass is 458 g/mol. The Morgan fingerprint density at radius 1 is 1.34 bits per heavy atom. The van der Waals surface area contributed by atoms with Gasteiger partial charge in [0.25, 0.3) is 0 Å². The number of halogens is 2. The highest BCUT2D eigenvalue weighted by Gasteiger charge is 2.40. The van der Waals surface area contributed by atoms with E-state index in [0.29, 0.717) is 5.02 Å². The number of carbonyl (C=O) groups is 1. The minimum Gasteiger partial charge on any atom is -0.350 e. The molecule has 3 atom stereocenters. The van der Waals surface area contributed by atoms with Crippen LogP contribution < -0.4 is 10.6 Å². The fourth-order valence-corrected chi connectivity index (χ4v) is 5.24. The van der Waals surface area contributed by atoms with Crippen LogP contribution in [0.1, 0.15) is 44.2 Å². The van der Waals surface area contributed by atoms with Crippen LogP contribution in [0.2, 0.25) is 5.02 Å². The zero-order valence-electron chi connectivity index (χ0n) is 18.1. The van der Waals surface area contributed by atoms with Crippen LogP contribution in [0.15, 0.2) is 40.6 Å². The molecule has 2 saturated heterocycles. The van der Waals surface area contributed by atoms with Gasteiger partial charge in [-0.3, -0.25) is 4.79 Å². The molecule has 0 bridgehead atoms. The number of piperidine rings is 1. The number of hydrogen-bond donors (Lipinski definition) is 2. The molecule has 4 aliphatic heterocycles. The molecule has 5 rings (SSSR count). The van der Waals surface area contributed by atoms with Gasteiger partial charge in [0.15, 0.2) is 6.17 Å². The number of nitrogens with zero attached hydrogens (tertiary/aromatic N) is 4. The molecule has 1 aromatic carbocycles. The third-order valence-corrected chi connectivity index (χ3v) is 7.36. The fraction of sp³-hybridized carbons (Fsp3) is 0.522. The van der Waals surface area contributed by atoms with Gasteiger partial charge in [-0.2, -0.15) is 5.10 Å². The van der Waals surface area contributed by atoms with E-state index in [1.165, 1.54) is 12.1 Å². The molecule has 9 heteroatoms. The summed E-state index contributed by atoms with van der Waals surface area (Å²) in [6.45, 7) is 4.54. The number of amidine groups is 1. The summed E-state index contributed by atoms with van der Waals surface area (Å²) in [7, 11) is 0. The zero-order chi connectivity index (χ0) is 22.3. The predicted molar refractivity (Wildman–Crippen MR) is 123 cm³/mol. The van der Waals surface area contributed by atoms with Gasteiger partial charge in [0, 0.05) is 23.2 Å². The Labute approximate surface area is 192 Å². The van der Waals surface area contributed by atoms with Gasteiger partial charge in [-0.25, -0.2) is 14.4 Å². The van der Waals surface area contributed by atoms with Gasteiger partial charge in [-0.15, -0.1) is 0 Å². The van der Waals surface area contributed by atoms with Crippen molar-refractivity contribution in [2.45, 2.75) is 50.9 Å². The molecule has 4 heterocycles. The van der Waals surface area contributed by atoms with Crippen molar-refractivity contribution in [3.63, 3.8) is 0 Å². The van der Waals surface area contributed by atoms with E-state index in [2.05, 4.69) is 20.6 Å². The van der Waals surface area contributed by atoms with Gasteiger partial charge in [-0.1, -0.05) is 18.5 Å². The van der Waals surface area contributed by atoms with Gasteiger partial charge in [0.2, 0.25) is 5.91 Å². The van der Waals surface area contributed by atoms with Gasteiger partial charge in [0.05, 0.1) is 12.3 Å². The van der Waals surface area contributed by atoms with Gasteiger partial charge >= 0.3 is 0 Å². The van der Waals surface area contributed by atoms with Gasteiger partial charge in [0.1, 0.15) is 17.7 Å². The quantitative estimate of drug-likeness (QED) is 0.730. The van der Waals surface area contributed by atoms with Gasteiger partial charge < -0.3 is 15.5 Å². The van der Waals surface area contributed by atoms with Crippen LogP contribution in [0.4, 0.5) is 4.39 Å². The zero-order valence-corrected chi connectivity index (χ0v) is 18.9. The second-order valence-corrected chi connectivity index (χ2v) is 9.60. The Kier molecular flexibility index (Phi) is 5.67. The summed E-state index contributed by atoms with van der Waals surface area (Å²) >= 11 is 6.41. The van der Waals surface area contributed by atoms with Crippen LogP contribution in [0.5, 0.6) is 0 Å². The van der Waals surface area contributed by atoms with Crippen LogP contribution in [0.3, 0.4) is 0 Å². The van der Waals surface area contributed by atoms with E-state index in [4.69, 9.17) is 16.6 Å². The lowest BCUT2D eigenvalue weighted by Gasteiger charge is -2.35. The number of fused-ring (bicyclic) bond motifs is 1. The topological polar surface area (TPSA) is 72.3 Å². The Bertz CT molecular complexity index is 989. The lowest BCUT2D eigenvalue weighted by molar-refractivity contribution is -0.132. The molecule has 0 aliphatic carbocycles. The van der Waals surface area contributed by atoms with Crippen molar-refractivity contribution < 1.29 is 9.18 Å². The van der Waals surface area contributed by atoms with E-state index in [0.717, 1.165) is 56.7 Å². The smallest absolute Gasteiger partial charge is 0.226 e. The molecule has 4 aliphatic rings. The highest BCUT2D eigenvalue weighted by molar-refractivity contribution is 6.31. The molecular formula is C23H28ClFN6O. The van der Waals surface area contributed by atoms with E-state index in [-0.39, 0.29) is 35.4 Å². The minimum absolute atomic E-state index is 0.0304. The average molecular weight is 459 g/mol. The van der Waals surface area contributed by atoms with E-state index < -0.39 is 0 Å². The SMILES string of the molecule is CC1(C(=O)NC2C=NN3C=CC(N4CCC[C@@H]4c4cc(F)ccc4Cl)=NC23)CCNCC1. The first-order valence-electron chi connectivity index (χ1n) is 11.3. The summed E-state index contributed by atoms with van der Waals surface area (Å²) in [4.78, 5) is 20.2. The number of amides is 1. The molecule has 170 valence electrons. The Morgan fingerprint density at radius 2 is 2.16 bits per heavy atom. The third kappa shape index (κ3) is 3.90. The molecule has 0 saturated carbocycles. The predicted octanol–water partition coefficient (Wildman–Crippen LogP) is 3.04. The summed E-state index contributed by atoms with van der Waals surface area (Å²) in [5.74, 6) is 0.572. The summed E-state index contributed by atoms with van der Waals surface area (Å²) in [6, 6.07) is 4.19. The van der Waals surface area contributed by atoms with Crippen molar-refractivity contribution in [2.24, 2.45) is 15.5 Å². The normalized spacial score (nSPS) is 28.6. The fourth-order valence-electron chi connectivity index (χ4n) is 4.99. The Hall–Kier alpha value is -2.45. The molecule has 0 aromatic heterocycles. The summed E-state index contributed by atoms with van der Waals surface area (Å²) in [5.41, 5.74) is 0.409. The van der Waals surface area contributed by atoms with Crippen molar-refractivity contribution >= 4 is 29.6 Å². The number of likely N-dealkylation sites (tertiary alicyclic amines) is 1. The first-order chi connectivity index (χ1) is 15.4. The van der Waals surface area contributed by atoms with Crippen molar-refractivity contribution in [2.75, 3.05) is 19.6 Å². The van der Waals surface area contributed by atoms with Crippen LogP contribution in [-0.2, 0) is 4.79 Å². The van der Waals surface area contributed by atoms with E-state index >= 15 is 0 Å². The van der Waals surface area contributed by atoms with E-state index in [1.807, 2.05) is 19.2 Å². The summed E-state index contributed by atoms with van der Waals surface area (Å²) in [5, 5.41) is 13.2. The molecule has 7 nitrogen and oxygen atoms in total. The van der Waals surface area contributed by atoms with E-state index in [1.54, 1.807) is 17.3 Å². The second kappa shape index (κ2) is 8.48. The number of carbonyl (C=O) groups excluding carboxylic acids is 1. The standard InChI is InChI=1S/C23H28ClFN6O/c1-23(7-9-26-10-8-23)22(32)28-18-14-27-31-12-6-20(29-21(18)31)30-11-2-3-19(30)16-13-15(25)4-5-17(16)24/h4-6,12-14,18-19,21,26H,2-3,7-11H2,1H3,(H,28,32)/t18?,19-,21?/m1/s1. The third-order valence-electron chi connectivity index (χ3n) is 7.01. The van der Waals surface area contributed by atoms with E-state index in [9.17, 15) is 9.18 Å². The second-order valence-electron chi connectivity index (χ2n) is 9.19. The molecule has 1 amide bonds. The molecule has 0 spiro atoms. The number of benzene rings is 1. The van der Waals surface area contributed by atoms with Gasteiger partial charge in [-0.05, 0) is 68.6 Å². The maximum Gasteiger partial charge on any atom is 0.226 e. The highest BCUT2D eigenvalue weighted by atomic mass is 35.5. The largest absolute Gasteiger partial charge is 0.350 e. The maximum absolute atomic E-state index is 13.9. The lowest BCUT2D eigenvalue weighted by atomic mass is 9.80. The number of nitrogens with one attached hydrogen (secondary N) is 2. The van der Waals surface area contributed by atoms with Crippen molar-refractivity contribution in [1.82, 2.24) is 20.5 Å². The van der Waals surface area contributed by atoms with Crippen molar-refractivity contribution in [1.29, 1.82) is 0 Å². The number of hydrazone groups is 1. The Morgan fingerprint density at radius 3 is 2.97 bits per heavy atom. The number of hydrogen-bond acceptors (Lipinski definition) is 6. The molecule has 0 radical (unpaired) electrons. The molecule has 32 heavy (non-hydrogen) atoms. The van der Waals surface area contributed by atoms with Crippen LogP contribution >= 0.6 is 11.6 Å². The lowest BCUT2D eigenvalue weighted by Crippen LogP contribution is -2.53. The maximum atomic E-state index is 13.9. The molecule has 2 N–H and O–H groups in total. The Balaban J connectivity index is 1.34. The first-order valence-corrected chi connectivity index (χ1v) is 11.6. The first kappa shape index (κ1) is 21.4. The van der Waals surface area contributed by atoms with Crippen LogP contribution in [0, 0.1) is 11.2 Å². The van der Waals surface area contributed by atoms with Crippen LogP contribution in [0.25, 0.3) is 0 Å². The molecule has 2 fully saturated rings. The number of rotatable bonds is 3. The van der Waals surface area contributed by atoms with Crippen LogP contribution in [-0.4, -0.2) is 59.7 Å². The minimum atomic E-state index is -0.377. The highest BCUT2D eigenvalue weighted by Crippen LogP contribution is 2.37. The molecule has 1 aromatic rings. The van der Waals surface area contributed by atoms with Crippen molar-refractivity contribution in [3.05, 3.63) is 46.9 Å². The average Bonchev–Trinajstić information content (AvgIpc) is 3.43. The summed E-state index contributed by atoms with van der Waals surface area (Å²) in [6.07, 6.45) is 8.74. The van der Waals surface area contributed by atoms with Crippen molar-refractivity contribution in [3.8, 4) is 0 Å². The molecular weight excluding hydrogens is 431 g/mol. The molecule has 2 unspecified atom stereocenters. The summed E-state index contributed by atoms with van der Waals surface area (Å²) < 4.78 is 13.9.